The number of H-pyrrole nitrogens is 1. The monoisotopic (exact) mass is 262 g/mol. The summed E-state index contributed by atoms with van der Waals surface area (Å²) in [5.74, 6) is 0.694. The van der Waals surface area contributed by atoms with Gasteiger partial charge in [-0.1, -0.05) is 12.1 Å². The number of hydrogen-bond acceptors (Lipinski definition) is 4. The highest BCUT2D eigenvalue weighted by molar-refractivity contribution is 7.71. The first-order valence-corrected chi connectivity index (χ1v) is 6.05. The van der Waals surface area contributed by atoms with Crippen molar-refractivity contribution in [1.82, 2.24) is 15.3 Å². The Balaban J connectivity index is 2.17. The number of nitrogens with one attached hydrogen (secondary N) is 3. The molecule has 0 saturated carbocycles. The van der Waals surface area contributed by atoms with E-state index < -0.39 is 0 Å². The predicted molar refractivity (Wildman–Crippen MR) is 74.1 cm³/mol. The largest absolute Gasteiger partial charge is 0.368 e. The average molecular weight is 262 g/mol. The van der Waals surface area contributed by atoms with Crippen LogP contribution in [-0.2, 0) is 4.79 Å². The summed E-state index contributed by atoms with van der Waals surface area (Å²) in [5, 5.41) is 6.87. The van der Waals surface area contributed by atoms with Crippen LogP contribution in [0.2, 0.25) is 0 Å². The number of hydrogen-bond donors (Lipinski definition) is 3. The van der Waals surface area contributed by atoms with Crippen molar-refractivity contribution in [2.24, 2.45) is 0 Å². The van der Waals surface area contributed by atoms with E-state index in [1.165, 1.54) is 6.92 Å². The van der Waals surface area contributed by atoms with E-state index >= 15 is 0 Å². The molecular weight excluding hydrogens is 248 g/mol. The minimum absolute atomic E-state index is 0.0417. The summed E-state index contributed by atoms with van der Waals surface area (Å²) < 4.78 is 0.440. The van der Waals surface area contributed by atoms with E-state index in [0.717, 1.165) is 16.7 Å². The molecule has 0 aliphatic heterocycles. The van der Waals surface area contributed by atoms with Crippen LogP contribution in [0.1, 0.15) is 6.92 Å². The summed E-state index contributed by atoms with van der Waals surface area (Å²) in [6.45, 7) is 2.65. The Morgan fingerprint density at radius 3 is 2.94 bits per heavy atom. The molecule has 0 saturated heterocycles. The fraction of sp³-hybridized carbons (Fsp3) is 0.250. The van der Waals surface area contributed by atoms with E-state index in [2.05, 4.69) is 20.6 Å². The van der Waals surface area contributed by atoms with Crippen LogP contribution in [0.15, 0.2) is 24.3 Å². The summed E-state index contributed by atoms with van der Waals surface area (Å²) in [6, 6.07) is 7.80. The van der Waals surface area contributed by atoms with Gasteiger partial charge in [0.15, 0.2) is 4.77 Å². The van der Waals surface area contributed by atoms with Crippen molar-refractivity contribution in [2.45, 2.75) is 6.92 Å². The van der Waals surface area contributed by atoms with Gasteiger partial charge in [0.25, 0.3) is 0 Å². The van der Waals surface area contributed by atoms with Gasteiger partial charge in [-0.3, -0.25) is 4.79 Å². The van der Waals surface area contributed by atoms with Crippen molar-refractivity contribution < 1.29 is 4.79 Å². The number of benzene rings is 1. The number of carbonyl (C=O) groups excluding carboxylic acids is 1. The molecule has 0 spiro atoms. The summed E-state index contributed by atoms with van der Waals surface area (Å²) in [7, 11) is 0. The zero-order valence-corrected chi connectivity index (χ0v) is 10.8. The topological polar surface area (TPSA) is 69.8 Å². The lowest BCUT2D eigenvalue weighted by Crippen LogP contribution is -2.26. The van der Waals surface area contributed by atoms with Crippen molar-refractivity contribution in [3.8, 4) is 0 Å². The molecule has 1 aromatic carbocycles. The molecule has 1 amide bonds. The van der Waals surface area contributed by atoms with E-state index in [9.17, 15) is 4.79 Å². The molecule has 0 aliphatic carbocycles. The smallest absolute Gasteiger partial charge is 0.216 e. The third-order valence-electron chi connectivity index (χ3n) is 2.43. The van der Waals surface area contributed by atoms with E-state index in [4.69, 9.17) is 12.2 Å². The first kappa shape index (κ1) is 12.5. The molecule has 1 heterocycles. The van der Waals surface area contributed by atoms with E-state index in [0.29, 0.717) is 17.9 Å². The van der Waals surface area contributed by atoms with Gasteiger partial charge in [0.1, 0.15) is 5.82 Å². The third kappa shape index (κ3) is 3.04. The second kappa shape index (κ2) is 5.59. The Morgan fingerprint density at radius 2 is 2.17 bits per heavy atom. The molecular formula is C12H14N4OS. The lowest BCUT2D eigenvalue weighted by Gasteiger charge is -2.08. The second-order valence-corrected chi connectivity index (χ2v) is 4.23. The van der Waals surface area contributed by atoms with Gasteiger partial charge >= 0.3 is 0 Å². The summed E-state index contributed by atoms with van der Waals surface area (Å²) in [6.07, 6.45) is 0. The maximum atomic E-state index is 10.7. The van der Waals surface area contributed by atoms with E-state index in [1.54, 1.807) is 0 Å². The number of carbonyl (C=O) groups is 1. The second-order valence-electron chi connectivity index (χ2n) is 3.85. The number of para-hydroxylation sites is 1. The van der Waals surface area contributed by atoms with Crippen LogP contribution in [0.5, 0.6) is 0 Å². The van der Waals surface area contributed by atoms with Crippen molar-refractivity contribution in [3.63, 3.8) is 0 Å². The number of rotatable bonds is 4. The predicted octanol–water partition coefficient (Wildman–Crippen LogP) is 1.84. The van der Waals surface area contributed by atoms with Crippen LogP contribution in [0.3, 0.4) is 0 Å². The number of amides is 1. The molecule has 0 fully saturated rings. The highest BCUT2D eigenvalue weighted by atomic mass is 32.1. The minimum Gasteiger partial charge on any atom is -0.368 e. The molecule has 1 aromatic heterocycles. The van der Waals surface area contributed by atoms with Crippen LogP contribution in [0.4, 0.5) is 5.82 Å². The van der Waals surface area contributed by atoms with Crippen LogP contribution >= 0.6 is 12.2 Å². The SMILES string of the molecule is CC(=O)NCCNc1nc(=S)[nH]c2ccccc12. The molecule has 18 heavy (non-hydrogen) atoms. The molecule has 2 rings (SSSR count). The van der Waals surface area contributed by atoms with Gasteiger partial charge in [-0.25, -0.2) is 4.98 Å². The van der Waals surface area contributed by atoms with Crippen molar-refractivity contribution in [3.05, 3.63) is 29.0 Å². The Bertz CT molecular complexity index is 623. The summed E-state index contributed by atoms with van der Waals surface area (Å²) >= 11 is 5.07. The Labute approximate surface area is 110 Å². The zero-order chi connectivity index (χ0) is 13.0. The number of nitrogens with zero attached hydrogens (tertiary/aromatic N) is 1. The van der Waals surface area contributed by atoms with Crippen LogP contribution in [-0.4, -0.2) is 29.0 Å². The van der Waals surface area contributed by atoms with Gasteiger partial charge in [0, 0.05) is 25.4 Å². The first-order chi connectivity index (χ1) is 8.66. The Hall–Kier alpha value is -1.95. The molecule has 6 heteroatoms. The number of aromatic nitrogens is 2. The molecule has 0 radical (unpaired) electrons. The number of aromatic amines is 1. The standard InChI is InChI=1S/C12H14N4OS/c1-8(17)13-6-7-14-11-9-4-2-3-5-10(9)15-12(18)16-11/h2-5H,6-7H2,1H3,(H,13,17)(H2,14,15,16,18). The third-order valence-corrected chi connectivity index (χ3v) is 2.62. The summed E-state index contributed by atoms with van der Waals surface area (Å²) in [5.41, 5.74) is 0.944. The first-order valence-electron chi connectivity index (χ1n) is 5.64. The summed E-state index contributed by atoms with van der Waals surface area (Å²) in [4.78, 5) is 18.0. The molecule has 0 bridgehead atoms. The fourth-order valence-corrected chi connectivity index (χ4v) is 1.86. The molecule has 0 unspecified atom stereocenters. The number of fused-ring (bicyclic) bond motifs is 1. The van der Waals surface area contributed by atoms with Gasteiger partial charge in [0.2, 0.25) is 5.91 Å². The van der Waals surface area contributed by atoms with Gasteiger partial charge in [-0.15, -0.1) is 0 Å². The molecule has 2 aromatic rings. The Morgan fingerprint density at radius 1 is 1.39 bits per heavy atom. The average Bonchev–Trinajstić information content (AvgIpc) is 2.34. The van der Waals surface area contributed by atoms with Gasteiger partial charge in [-0.05, 0) is 24.4 Å². The van der Waals surface area contributed by atoms with Crippen molar-refractivity contribution in [2.75, 3.05) is 18.4 Å². The molecule has 0 aliphatic rings. The van der Waals surface area contributed by atoms with Crippen molar-refractivity contribution >= 4 is 34.8 Å². The van der Waals surface area contributed by atoms with Crippen LogP contribution in [0.25, 0.3) is 10.9 Å². The lowest BCUT2D eigenvalue weighted by atomic mass is 10.2. The fourth-order valence-electron chi connectivity index (χ4n) is 1.66. The molecule has 5 nitrogen and oxygen atoms in total. The quantitative estimate of drug-likeness (QED) is 0.581. The maximum Gasteiger partial charge on any atom is 0.216 e. The van der Waals surface area contributed by atoms with Gasteiger partial charge < -0.3 is 15.6 Å². The van der Waals surface area contributed by atoms with Crippen LogP contribution < -0.4 is 10.6 Å². The highest BCUT2D eigenvalue weighted by Gasteiger charge is 2.02. The molecule has 3 N–H and O–H groups in total. The van der Waals surface area contributed by atoms with E-state index in [1.807, 2.05) is 24.3 Å². The number of anilines is 1. The van der Waals surface area contributed by atoms with E-state index in [-0.39, 0.29) is 5.91 Å². The highest BCUT2D eigenvalue weighted by Crippen LogP contribution is 2.18. The minimum atomic E-state index is -0.0417. The normalized spacial score (nSPS) is 10.3. The molecule has 0 atom stereocenters. The molecule has 94 valence electrons. The van der Waals surface area contributed by atoms with Gasteiger partial charge in [-0.2, -0.15) is 0 Å². The van der Waals surface area contributed by atoms with Crippen molar-refractivity contribution in [1.29, 1.82) is 0 Å². The zero-order valence-electron chi connectivity index (χ0n) is 9.99. The Kier molecular flexibility index (Phi) is 3.88. The maximum absolute atomic E-state index is 10.7. The van der Waals surface area contributed by atoms with Gasteiger partial charge in [0.05, 0.1) is 5.52 Å². The van der Waals surface area contributed by atoms with Crippen LogP contribution in [0, 0.1) is 4.77 Å². The lowest BCUT2D eigenvalue weighted by molar-refractivity contribution is -0.118.